The number of benzene rings is 1. The molecule has 26 heavy (non-hydrogen) atoms. The summed E-state index contributed by atoms with van der Waals surface area (Å²) in [6.45, 7) is 3.09. The maximum absolute atomic E-state index is 12.6. The van der Waals surface area contributed by atoms with Gasteiger partial charge in [-0.05, 0) is 43.3 Å². The first-order chi connectivity index (χ1) is 12.5. The van der Waals surface area contributed by atoms with Crippen molar-refractivity contribution in [3.63, 3.8) is 0 Å². The van der Waals surface area contributed by atoms with Gasteiger partial charge in [-0.2, -0.15) is 0 Å². The maximum Gasteiger partial charge on any atom is 0.263 e. The average Bonchev–Trinajstić information content (AvgIpc) is 2.65. The SMILES string of the molecule is CC(Oc1ccc(Br)cc1)C(=O)N1CCC(Oc2ccc(Cl)nc2)CC1. The second-order valence-electron chi connectivity index (χ2n) is 6.17. The van der Waals surface area contributed by atoms with Crippen LogP contribution in [0.2, 0.25) is 5.15 Å². The summed E-state index contributed by atoms with van der Waals surface area (Å²) in [5.41, 5.74) is 0. The number of carbonyl (C=O) groups is 1. The number of likely N-dealkylation sites (tertiary alicyclic amines) is 1. The van der Waals surface area contributed by atoms with E-state index in [1.165, 1.54) is 0 Å². The predicted molar refractivity (Wildman–Crippen MR) is 104 cm³/mol. The van der Waals surface area contributed by atoms with Crippen LogP contribution < -0.4 is 9.47 Å². The number of piperidine rings is 1. The summed E-state index contributed by atoms with van der Waals surface area (Å²) in [5, 5.41) is 0.442. The van der Waals surface area contributed by atoms with Gasteiger partial charge in [-0.25, -0.2) is 4.98 Å². The molecule has 138 valence electrons. The summed E-state index contributed by atoms with van der Waals surface area (Å²) in [5.74, 6) is 1.38. The molecule has 1 fully saturated rings. The third-order valence-corrected chi connectivity index (χ3v) is 4.98. The lowest BCUT2D eigenvalue weighted by Gasteiger charge is -2.33. The summed E-state index contributed by atoms with van der Waals surface area (Å²) < 4.78 is 12.6. The minimum atomic E-state index is -0.519. The monoisotopic (exact) mass is 438 g/mol. The van der Waals surface area contributed by atoms with Crippen LogP contribution >= 0.6 is 27.5 Å². The number of nitrogens with zero attached hydrogens (tertiary/aromatic N) is 2. The van der Waals surface area contributed by atoms with Crippen LogP contribution in [0.4, 0.5) is 0 Å². The molecule has 0 saturated carbocycles. The zero-order valence-corrected chi connectivity index (χ0v) is 16.7. The van der Waals surface area contributed by atoms with Gasteiger partial charge in [0.05, 0.1) is 6.20 Å². The molecule has 0 radical (unpaired) electrons. The number of hydrogen-bond donors (Lipinski definition) is 0. The van der Waals surface area contributed by atoms with Crippen LogP contribution in [0.5, 0.6) is 11.5 Å². The predicted octanol–water partition coefficient (Wildman–Crippen LogP) is 4.33. The smallest absolute Gasteiger partial charge is 0.263 e. The van der Waals surface area contributed by atoms with Crippen molar-refractivity contribution in [2.24, 2.45) is 0 Å². The van der Waals surface area contributed by atoms with E-state index in [0.717, 1.165) is 17.3 Å². The molecule has 1 saturated heterocycles. The molecule has 7 heteroatoms. The van der Waals surface area contributed by atoms with E-state index in [0.29, 0.717) is 29.7 Å². The average molecular weight is 440 g/mol. The van der Waals surface area contributed by atoms with Gasteiger partial charge >= 0.3 is 0 Å². The third-order valence-electron chi connectivity index (χ3n) is 4.23. The largest absolute Gasteiger partial charge is 0.489 e. The van der Waals surface area contributed by atoms with Gasteiger partial charge in [-0.1, -0.05) is 27.5 Å². The number of pyridine rings is 1. The number of ether oxygens (including phenoxy) is 2. The molecule has 1 aromatic carbocycles. The van der Waals surface area contributed by atoms with Crippen LogP contribution in [0.15, 0.2) is 47.1 Å². The van der Waals surface area contributed by atoms with Gasteiger partial charge in [0, 0.05) is 30.4 Å². The van der Waals surface area contributed by atoms with Gasteiger partial charge in [0.1, 0.15) is 22.8 Å². The van der Waals surface area contributed by atoms with Crippen molar-refractivity contribution in [2.75, 3.05) is 13.1 Å². The minimum Gasteiger partial charge on any atom is -0.489 e. The van der Waals surface area contributed by atoms with E-state index in [4.69, 9.17) is 21.1 Å². The Morgan fingerprint density at radius 1 is 1.19 bits per heavy atom. The molecule has 0 N–H and O–H groups in total. The first kappa shape index (κ1) is 19.0. The molecular weight excluding hydrogens is 420 g/mol. The van der Waals surface area contributed by atoms with Crippen molar-refractivity contribution in [3.8, 4) is 11.5 Å². The first-order valence-electron chi connectivity index (χ1n) is 8.50. The minimum absolute atomic E-state index is 0.000437. The Hall–Kier alpha value is -1.79. The van der Waals surface area contributed by atoms with Gasteiger partial charge in [-0.15, -0.1) is 0 Å². The normalized spacial score (nSPS) is 16.2. The van der Waals surface area contributed by atoms with Crippen LogP contribution in [-0.4, -0.2) is 41.1 Å². The molecule has 1 aromatic heterocycles. The number of hydrogen-bond acceptors (Lipinski definition) is 4. The number of aromatic nitrogens is 1. The van der Waals surface area contributed by atoms with Crippen LogP contribution in [-0.2, 0) is 4.79 Å². The van der Waals surface area contributed by atoms with E-state index in [-0.39, 0.29) is 12.0 Å². The summed E-state index contributed by atoms with van der Waals surface area (Å²) in [6.07, 6.45) is 2.73. The highest BCUT2D eigenvalue weighted by Gasteiger charge is 2.27. The van der Waals surface area contributed by atoms with Gasteiger partial charge in [0.2, 0.25) is 0 Å². The molecule has 1 amide bonds. The zero-order valence-electron chi connectivity index (χ0n) is 14.4. The van der Waals surface area contributed by atoms with Crippen molar-refractivity contribution in [3.05, 3.63) is 52.2 Å². The quantitative estimate of drug-likeness (QED) is 0.651. The summed E-state index contributed by atoms with van der Waals surface area (Å²) >= 11 is 9.16. The van der Waals surface area contributed by atoms with E-state index in [1.807, 2.05) is 29.2 Å². The third kappa shape index (κ3) is 5.11. The van der Waals surface area contributed by atoms with Crippen molar-refractivity contribution in [1.29, 1.82) is 0 Å². The molecule has 3 rings (SSSR count). The van der Waals surface area contributed by atoms with E-state index in [2.05, 4.69) is 20.9 Å². The zero-order chi connectivity index (χ0) is 18.5. The molecule has 2 heterocycles. The maximum atomic E-state index is 12.6. The fourth-order valence-corrected chi connectivity index (χ4v) is 3.22. The molecule has 0 spiro atoms. The summed E-state index contributed by atoms with van der Waals surface area (Å²) in [6, 6.07) is 11.0. The van der Waals surface area contributed by atoms with Crippen molar-refractivity contribution in [1.82, 2.24) is 9.88 Å². The molecule has 1 aliphatic heterocycles. The summed E-state index contributed by atoms with van der Waals surface area (Å²) in [7, 11) is 0. The standard InChI is InChI=1S/C19H20BrClN2O3/c1-13(25-15-4-2-14(20)3-5-15)19(24)23-10-8-16(9-11-23)26-17-6-7-18(21)22-12-17/h2-7,12-13,16H,8-11H2,1H3. The molecule has 1 atom stereocenters. The van der Waals surface area contributed by atoms with E-state index in [9.17, 15) is 4.79 Å². The topological polar surface area (TPSA) is 51.7 Å². The Balaban J connectivity index is 1.48. The molecule has 1 unspecified atom stereocenters. The van der Waals surface area contributed by atoms with Crippen molar-refractivity contribution in [2.45, 2.75) is 32.0 Å². The second kappa shape index (κ2) is 8.73. The highest BCUT2D eigenvalue weighted by atomic mass is 79.9. The molecule has 5 nitrogen and oxygen atoms in total. The number of rotatable bonds is 5. The van der Waals surface area contributed by atoms with Gasteiger partial charge in [0.25, 0.3) is 5.91 Å². The Morgan fingerprint density at radius 2 is 1.85 bits per heavy atom. The van der Waals surface area contributed by atoms with Crippen molar-refractivity contribution >= 4 is 33.4 Å². The van der Waals surface area contributed by atoms with Crippen LogP contribution in [0, 0.1) is 0 Å². The fourth-order valence-electron chi connectivity index (χ4n) is 2.84. The highest BCUT2D eigenvalue weighted by molar-refractivity contribution is 9.10. The first-order valence-corrected chi connectivity index (χ1v) is 9.67. The second-order valence-corrected chi connectivity index (χ2v) is 7.48. The molecule has 1 aliphatic rings. The highest BCUT2D eigenvalue weighted by Crippen LogP contribution is 2.21. The summed E-state index contributed by atoms with van der Waals surface area (Å²) in [4.78, 5) is 18.4. The Kier molecular flexibility index (Phi) is 6.38. The van der Waals surface area contributed by atoms with E-state index < -0.39 is 6.10 Å². The number of amides is 1. The molecule has 2 aromatic rings. The van der Waals surface area contributed by atoms with Gasteiger partial charge < -0.3 is 14.4 Å². The Bertz CT molecular complexity index is 731. The van der Waals surface area contributed by atoms with E-state index >= 15 is 0 Å². The molecule has 0 aliphatic carbocycles. The molecular formula is C19H20BrClN2O3. The van der Waals surface area contributed by atoms with Crippen LogP contribution in [0.25, 0.3) is 0 Å². The number of halogens is 2. The Morgan fingerprint density at radius 3 is 2.46 bits per heavy atom. The lowest BCUT2D eigenvalue weighted by atomic mass is 10.1. The van der Waals surface area contributed by atoms with E-state index in [1.54, 1.807) is 25.3 Å². The lowest BCUT2D eigenvalue weighted by Crippen LogP contribution is -2.46. The lowest BCUT2D eigenvalue weighted by molar-refractivity contribution is -0.139. The van der Waals surface area contributed by atoms with Crippen molar-refractivity contribution < 1.29 is 14.3 Å². The van der Waals surface area contributed by atoms with Crippen LogP contribution in [0.3, 0.4) is 0 Å². The van der Waals surface area contributed by atoms with Crippen LogP contribution in [0.1, 0.15) is 19.8 Å². The van der Waals surface area contributed by atoms with Gasteiger partial charge in [-0.3, -0.25) is 4.79 Å². The fraction of sp³-hybridized carbons (Fsp3) is 0.368. The number of carbonyl (C=O) groups excluding carboxylic acids is 1. The van der Waals surface area contributed by atoms with Gasteiger partial charge in [0.15, 0.2) is 6.10 Å². The Labute approximate surface area is 166 Å². The molecule has 0 bridgehead atoms.